The van der Waals surface area contributed by atoms with Gasteiger partial charge < -0.3 is 15.5 Å². The van der Waals surface area contributed by atoms with Crippen molar-refractivity contribution in [2.24, 2.45) is 5.41 Å². The Labute approximate surface area is 155 Å². The Morgan fingerprint density at radius 2 is 2.12 bits per heavy atom. The number of carbonyl (C=O) groups excluding carboxylic acids is 1. The van der Waals surface area contributed by atoms with Gasteiger partial charge in [-0.25, -0.2) is 9.97 Å². The average molecular weight is 353 g/mol. The first kappa shape index (κ1) is 18.2. The quantitative estimate of drug-likeness (QED) is 0.870. The second-order valence-corrected chi connectivity index (χ2v) is 8.28. The van der Waals surface area contributed by atoms with Crippen molar-refractivity contribution in [3.05, 3.63) is 53.4 Å². The molecule has 3 rings (SSSR count). The van der Waals surface area contributed by atoms with E-state index in [1.54, 1.807) is 6.20 Å². The molecule has 1 atom stereocenters. The average Bonchev–Trinajstić information content (AvgIpc) is 2.78. The van der Waals surface area contributed by atoms with Crippen molar-refractivity contribution in [3.63, 3.8) is 0 Å². The summed E-state index contributed by atoms with van der Waals surface area (Å²) in [5, 5.41) is 6.58. The molecule has 138 valence electrons. The first-order valence-corrected chi connectivity index (χ1v) is 8.90. The molecule has 0 bridgehead atoms. The molecule has 3 heterocycles. The molecule has 6 nitrogen and oxygen atoms in total. The summed E-state index contributed by atoms with van der Waals surface area (Å²) in [6, 6.07) is 1.82. The predicted molar refractivity (Wildman–Crippen MR) is 103 cm³/mol. The summed E-state index contributed by atoms with van der Waals surface area (Å²) in [7, 11) is 0. The number of carbonyl (C=O) groups is 1. The van der Waals surface area contributed by atoms with Crippen molar-refractivity contribution in [1.29, 1.82) is 0 Å². The molecule has 1 saturated heterocycles. The zero-order chi connectivity index (χ0) is 19.1. The van der Waals surface area contributed by atoms with Gasteiger partial charge in [0.25, 0.3) is 5.91 Å². The van der Waals surface area contributed by atoms with E-state index in [1.807, 2.05) is 32.1 Å². The Hall–Kier alpha value is -2.63. The minimum atomic E-state index is -0.485. The van der Waals surface area contributed by atoms with Gasteiger partial charge >= 0.3 is 0 Å². The molecule has 6 heteroatoms. The highest BCUT2D eigenvalue weighted by Gasteiger charge is 2.49. The van der Waals surface area contributed by atoms with E-state index in [9.17, 15) is 4.79 Å². The summed E-state index contributed by atoms with van der Waals surface area (Å²) in [4.78, 5) is 23.1. The summed E-state index contributed by atoms with van der Waals surface area (Å²) in [5.74, 6) is 0.698. The third-order valence-corrected chi connectivity index (χ3v) is 4.56. The normalized spacial score (nSPS) is 24.5. The van der Waals surface area contributed by atoms with E-state index in [0.29, 0.717) is 0 Å². The van der Waals surface area contributed by atoms with Crippen molar-refractivity contribution in [2.45, 2.75) is 53.6 Å². The fourth-order valence-corrected chi connectivity index (χ4v) is 3.97. The summed E-state index contributed by atoms with van der Waals surface area (Å²) in [5.41, 5.74) is 3.12. The zero-order valence-electron chi connectivity index (χ0n) is 16.3. The van der Waals surface area contributed by atoms with Crippen LogP contribution >= 0.6 is 0 Å². The number of hydrogen-bond acceptors (Lipinski definition) is 5. The molecule has 1 aromatic heterocycles. The number of allylic oxidation sites excluding steroid dienone is 3. The summed E-state index contributed by atoms with van der Waals surface area (Å²) >= 11 is 0. The molecule has 2 aliphatic rings. The van der Waals surface area contributed by atoms with Crippen molar-refractivity contribution < 1.29 is 4.79 Å². The van der Waals surface area contributed by atoms with Gasteiger partial charge in [-0.3, -0.25) is 4.79 Å². The lowest BCUT2D eigenvalue weighted by Crippen LogP contribution is -2.51. The Balaban J connectivity index is 2.05. The molecule has 0 saturated carbocycles. The molecule has 1 fully saturated rings. The van der Waals surface area contributed by atoms with Gasteiger partial charge in [0.15, 0.2) is 0 Å². The van der Waals surface area contributed by atoms with Crippen LogP contribution in [0.25, 0.3) is 0 Å². The van der Waals surface area contributed by atoms with E-state index in [2.05, 4.69) is 53.2 Å². The molecule has 2 aliphatic heterocycles. The molecule has 0 aromatic carbocycles. The number of nitrogens with one attached hydrogen (secondary N) is 2. The fraction of sp³-hybridized carbons (Fsp3) is 0.450. The van der Waals surface area contributed by atoms with Crippen molar-refractivity contribution in [1.82, 2.24) is 20.2 Å². The van der Waals surface area contributed by atoms with E-state index in [-0.39, 0.29) is 11.3 Å². The molecule has 1 unspecified atom stereocenters. The third kappa shape index (κ3) is 3.23. The number of fused-ring (bicyclic) bond motifs is 1. The minimum Gasteiger partial charge on any atom is -0.338 e. The molecule has 26 heavy (non-hydrogen) atoms. The zero-order valence-corrected chi connectivity index (χ0v) is 16.3. The predicted octanol–water partition coefficient (Wildman–Crippen LogP) is 3.55. The molecule has 2 N–H and O–H groups in total. The van der Waals surface area contributed by atoms with Crippen LogP contribution in [0.5, 0.6) is 0 Å². The van der Waals surface area contributed by atoms with E-state index in [0.717, 1.165) is 34.9 Å². The summed E-state index contributed by atoms with van der Waals surface area (Å²) in [6.45, 7) is 12.6. The standard InChI is InChI=1S/C20H27N5O/c1-7-15-14(23-16-8-9-21-12-22-16)10-13(2)17-18(26)24-20(6,25(15)17)11-19(3,4)5/h7-10,12H,11H2,1-6H3,(H,24,26)(H,21,22,23)/b15-7-. The lowest BCUT2D eigenvalue weighted by molar-refractivity contribution is -0.117. The fourth-order valence-electron chi connectivity index (χ4n) is 3.97. The van der Waals surface area contributed by atoms with Gasteiger partial charge in [-0.1, -0.05) is 26.8 Å². The van der Waals surface area contributed by atoms with Crippen LogP contribution in [0.15, 0.2) is 53.4 Å². The van der Waals surface area contributed by atoms with Crippen LogP contribution in [0.3, 0.4) is 0 Å². The molecule has 0 spiro atoms. The van der Waals surface area contributed by atoms with Gasteiger partial charge in [-0.05, 0) is 50.3 Å². The van der Waals surface area contributed by atoms with Crippen LogP contribution in [-0.2, 0) is 4.79 Å². The maximum Gasteiger partial charge on any atom is 0.270 e. The van der Waals surface area contributed by atoms with Gasteiger partial charge in [0, 0.05) is 6.20 Å². The number of rotatable bonds is 3. The maximum atomic E-state index is 12.7. The van der Waals surface area contributed by atoms with Crippen LogP contribution in [0.1, 0.15) is 48.0 Å². The first-order valence-electron chi connectivity index (χ1n) is 8.90. The molecule has 1 aromatic rings. The van der Waals surface area contributed by atoms with Crippen molar-refractivity contribution in [2.75, 3.05) is 5.32 Å². The van der Waals surface area contributed by atoms with Crippen LogP contribution in [0.2, 0.25) is 0 Å². The van der Waals surface area contributed by atoms with Gasteiger partial charge in [-0.2, -0.15) is 0 Å². The first-order chi connectivity index (χ1) is 12.1. The molecule has 1 amide bonds. The third-order valence-electron chi connectivity index (χ3n) is 4.56. The maximum absolute atomic E-state index is 12.7. The minimum absolute atomic E-state index is 0.0223. The highest BCUT2D eigenvalue weighted by Crippen LogP contribution is 2.43. The highest BCUT2D eigenvalue weighted by molar-refractivity contribution is 5.98. The number of anilines is 1. The lowest BCUT2D eigenvalue weighted by Gasteiger charge is -2.43. The Bertz CT molecular complexity index is 816. The largest absolute Gasteiger partial charge is 0.338 e. The van der Waals surface area contributed by atoms with Gasteiger partial charge in [0.05, 0.1) is 11.4 Å². The van der Waals surface area contributed by atoms with Crippen molar-refractivity contribution >= 4 is 11.7 Å². The van der Waals surface area contributed by atoms with E-state index in [1.165, 1.54) is 6.33 Å². The second-order valence-electron chi connectivity index (χ2n) is 8.28. The van der Waals surface area contributed by atoms with Gasteiger partial charge in [0.1, 0.15) is 23.5 Å². The van der Waals surface area contributed by atoms with Gasteiger partial charge in [-0.15, -0.1) is 0 Å². The van der Waals surface area contributed by atoms with Crippen LogP contribution in [-0.4, -0.2) is 26.4 Å². The SMILES string of the molecule is C/C=C1/C(Nc2ccncn2)=CC(C)=C2C(=O)NC(C)(CC(C)(C)C)N21. The Morgan fingerprint density at radius 1 is 1.38 bits per heavy atom. The highest BCUT2D eigenvalue weighted by atomic mass is 16.2. The summed E-state index contributed by atoms with van der Waals surface area (Å²) < 4.78 is 0. The number of amides is 1. The second kappa shape index (κ2) is 6.27. The molecular formula is C20H27N5O. The van der Waals surface area contributed by atoms with E-state index in [4.69, 9.17) is 0 Å². The molecule has 0 radical (unpaired) electrons. The van der Waals surface area contributed by atoms with E-state index < -0.39 is 5.66 Å². The van der Waals surface area contributed by atoms with Crippen LogP contribution in [0.4, 0.5) is 5.82 Å². The monoisotopic (exact) mass is 353 g/mol. The number of nitrogens with zero attached hydrogens (tertiary/aromatic N) is 3. The molecular weight excluding hydrogens is 326 g/mol. The van der Waals surface area contributed by atoms with E-state index >= 15 is 0 Å². The molecule has 0 aliphatic carbocycles. The Kier molecular flexibility index (Phi) is 4.38. The summed E-state index contributed by atoms with van der Waals surface area (Å²) in [6.07, 6.45) is 8.08. The topological polar surface area (TPSA) is 70.1 Å². The Morgan fingerprint density at radius 3 is 2.69 bits per heavy atom. The van der Waals surface area contributed by atoms with Crippen LogP contribution in [0, 0.1) is 5.41 Å². The smallest absolute Gasteiger partial charge is 0.270 e. The number of aromatic nitrogens is 2. The van der Waals surface area contributed by atoms with Gasteiger partial charge in [0.2, 0.25) is 0 Å². The van der Waals surface area contributed by atoms with Crippen LogP contribution < -0.4 is 10.6 Å². The lowest BCUT2D eigenvalue weighted by atomic mass is 9.84. The number of hydrogen-bond donors (Lipinski definition) is 2. The van der Waals surface area contributed by atoms with Crippen molar-refractivity contribution in [3.8, 4) is 0 Å².